The van der Waals surface area contributed by atoms with E-state index in [2.05, 4.69) is 14.9 Å². The molecule has 3 rings (SSSR count). The lowest BCUT2D eigenvalue weighted by Crippen LogP contribution is -2.46. The summed E-state index contributed by atoms with van der Waals surface area (Å²) in [7, 11) is -1.20. The van der Waals surface area contributed by atoms with Crippen molar-refractivity contribution < 1.29 is 13.2 Å². The SMILES string of the molecule is CCS(=O)(=O)N1C[C@@H](N(C)Cc2cncnc2)[C@@H]2OCCC[C@@H]21. The molecular formula is C15H24N4O3S. The van der Waals surface area contributed by atoms with E-state index in [1.54, 1.807) is 23.6 Å². The van der Waals surface area contributed by atoms with Crippen molar-refractivity contribution in [2.24, 2.45) is 0 Å². The van der Waals surface area contributed by atoms with Gasteiger partial charge in [-0.1, -0.05) is 0 Å². The maximum absolute atomic E-state index is 12.4. The standard InChI is InChI=1S/C15H24N4O3S/c1-3-23(20,21)19-10-14(15-13(19)5-4-6-22-15)18(2)9-12-7-16-11-17-8-12/h7-8,11,13-15H,3-6,9-10H2,1-2H3/t13-,14+,15+/m0/s1. The van der Waals surface area contributed by atoms with E-state index < -0.39 is 10.0 Å². The maximum atomic E-state index is 12.4. The molecule has 0 radical (unpaired) electrons. The molecule has 1 aromatic heterocycles. The Morgan fingerprint density at radius 1 is 1.39 bits per heavy atom. The molecule has 0 N–H and O–H groups in total. The molecule has 3 atom stereocenters. The van der Waals surface area contributed by atoms with Crippen LogP contribution in [0.4, 0.5) is 0 Å². The Morgan fingerprint density at radius 3 is 2.83 bits per heavy atom. The second kappa shape index (κ2) is 6.80. The molecule has 0 aromatic carbocycles. The van der Waals surface area contributed by atoms with E-state index in [1.165, 1.54) is 6.33 Å². The van der Waals surface area contributed by atoms with Crippen LogP contribution >= 0.6 is 0 Å². The van der Waals surface area contributed by atoms with Gasteiger partial charge in [-0.3, -0.25) is 4.90 Å². The molecule has 0 saturated carbocycles. The number of sulfonamides is 1. The van der Waals surface area contributed by atoms with Crippen molar-refractivity contribution in [3.63, 3.8) is 0 Å². The van der Waals surface area contributed by atoms with Crippen LogP contribution in [0.15, 0.2) is 18.7 Å². The first-order valence-electron chi connectivity index (χ1n) is 8.08. The predicted octanol–water partition coefficient (Wildman–Crippen LogP) is 0.490. The van der Waals surface area contributed by atoms with Gasteiger partial charge in [0, 0.05) is 37.7 Å². The molecule has 2 saturated heterocycles. The van der Waals surface area contributed by atoms with Gasteiger partial charge < -0.3 is 4.74 Å². The van der Waals surface area contributed by atoms with Gasteiger partial charge in [0.15, 0.2) is 0 Å². The van der Waals surface area contributed by atoms with Gasteiger partial charge in [0.2, 0.25) is 10.0 Å². The van der Waals surface area contributed by atoms with Crippen molar-refractivity contribution in [3.05, 3.63) is 24.3 Å². The molecule has 128 valence electrons. The number of likely N-dealkylation sites (N-methyl/N-ethyl adjacent to an activating group) is 1. The lowest BCUT2D eigenvalue weighted by Gasteiger charge is -2.34. The van der Waals surface area contributed by atoms with Crippen LogP contribution in [0, 0.1) is 0 Å². The van der Waals surface area contributed by atoms with E-state index in [4.69, 9.17) is 4.74 Å². The van der Waals surface area contributed by atoms with E-state index in [1.807, 2.05) is 7.05 Å². The number of rotatable bonds is 5. The van der Waals surface area contributed by atoms with Crippen molar-refractivity contribution >= 4 is 10.0 Å². The van der Waals surface area contributed by atoms with Crippen molar-refractivity contribution in [3.8, 4) is 0 Å². The van der Waals surface area contributed by atoms with Gasteiger partial charge in [0.25, 0.3) is 0 Å². The molecular weight excluding hydrogens is 316 g/mol. The zero-order chi connectivity index (χ0) is 16.4. The smallest absolute Gasteiger partial charge is 0.214 e. The topological polar surface area (TPSA) is 75.6 Å². The fourth-order valence-electron chi connectivity index (χ4n) is 3.58. The molecule has 2 aliphatic rings. The predicted molar refractivity (Wildman–Crippen MR) is 86.2 cm³/mol. The minimum atomic E-state index is -3.21. The van der Waals surface area contributed by atoms with Crippen molar-refractivity contribution in [2.75, 3.05) is 26.0 Å². The van der Waals surface area contributed by atoms with Crippen LogP contribution in [0.5, 0.6) is 0 Å². The summed E-state index contributed by atoms with van der Waals surface area (Å²) in [5.41, 5.74) is 1.01. The van der Waals surface area contributed by atoms with Gasteiger partial charge in [-0.2, -0.15) is 4.31 Å². The number of ether oxygens (including phenoxy) is 1. The summed E-state index contributed by atoms with van der Waals surface area (Å²) < 4.78 is 32.5. The van der Waals surface area contributed by atoms with Gasteiger partial charge in [0.05, 0.1) is 23.9 Å². The summed E-state index contributed by atoms with van der Waals surface area (Å²) in [5, 5.41) is 0. The lowest BCUT2D eigenvalue weighted by atomic mass is 10.0. The molecule has 1 aromatic rings. The van der Waals surface area contributed by atoms with Crippen LogP contribution in [-0.2, 0) is 21.3 Å². The zero-order valence-corrected chi connectivity index (χ0v) is 14.4. The van der Waals surface area contributed by atoms with Crippen LogP contribution in [0.1, 0.15) is 25.3 Å². The minimum Gasteiger partial charge on any atom is -0.375 e. The van der Waals surface area contributed by atoms with E-state index in [0.29, 0.717) is 19.7 Å². The summed E-state index contributed by atoms with van der Waals surface area (Å²) in [6.07, 6.45) is 6.83. The highest BCUT2D eigenvalue weighted by Gasteiger charge is 2.49. The average Bonchev–Trinajstić information content (AvgIpc) is 2.96. The van der Waals surface area contributed by atoms with Crippen molar-refractivity contribution in [1.29, 1.82) is 0 Å². The first-order valence-corrected chi connectivity index (χ1v) is 9.69. The Labute approximate surface area is 137 Å². The minimum absolute atomic E-state index is 0.0341. The third-order valence-electron chi connectivity index (χ3n) is 4.78. The van der Waals surface area contributed by atoms with Gasteiger partial charge in [-0.15, -0.1) is 0 Å². The lowest BCUT2D eigenvalue weighted by molar-refractivity contribution is -0.0317. The van der Waals surface area contributed by atoms with E-state index >= 15 is 0 Å². The van der Waals surface area contributed by atoms with Gasteiger partial charge in [-0.05, 0) is 26.8 Å². The number of hydrogen-bond donors (Lipinski definition) is 0. The third kappa shape index (κ3) is 3.40. The van der Waals surface area contributed by atoms with E-state index in [0.717, 1.165) is 18.4 Å². The number of fused-ring (bicyclic) bond motifs is 1. The van der Waals surface area contributed by atoms with Crippen LogP contribution in [-0.4, -0.2) is 71.7 Å². The zero-order valence-electron chi connectivity index (χ0n) is 13.6. The molecule has 0 spiro atoms. The molecule has 8 heteroatoms. The fourth-order valence-corrected chi connectivity index (χ4v) is 4.93. The molecule has 0 bridgehead atoms. The first-order chi connectivity index (χ1) is 11.0. The molecule has 0 amide bonds. The number of aromatic nitrogens is 2. The van der Waals surface area contributed by atoms with Crippen LogP contribution in [0.2, 0.25) is 0 Å². The Bertz CT molecular complexity index is 625. The molecule has 3 heterocycles. The normalized spacial score (nSPS) is 28.9. The summed E-state index contributed by atoms with van der Waals surface area (Å²) in [6, 6.07) is 0.0232. The second-order valence-electron chi connectivity index (χ2n) is 6.24. The Hall–Kier alpha value is -1.09. The molecule has 2 fully saturated rings. The highest BCUT2D eigenvalue weighted by atomic mass is 32.2. The Morgan fingerprint density at radius 2 is 2.13 bits per heavy atom. The third-order valence-corrected chi connectivity index (χ3v) is 6.65. The van der Waals surface area contributed by atoms with E-state index in [-0.39, 0.29) is 23.9 Å². The van der Waals surface area contributed by atoms with Crippen LogP contribution in [0.25, 0.3) is 0 Å². The van der Waals surface area contributed by atoms with Crippen LogP contribution < -0.4 is 0 Å². The van der Waals surface area contributed by atoms with Crippen molar-refractivity contribution in [2.45, 2.75) is 44.5 Å². The summed E-state index contributed by atoms with van der Waals surface area (Å²) >= 11 is 0. The maximum Gasteiger partial charge on any atom is 0.214 e. The quantitative estimate of drug-likeness (QED) is 0.776. The molecule has 0 unspecified atom stereocenters. The fraction of sp³-hybridized carbons (Fsp3) is 0.733. The van der Waals surface area contributed by atoms with Gasteiger partial charge in [-0.25, -0.2) is 18.4 Å². The largest absolute Gasteiger partial charge is 0.375 e. The Kier molecular flexibility index (Phi) is 4.96. The monoisotopic (exact) mass is 340 g/mol. The highest BCUT2D eigenvalue weighted by molar-refractivity contribution is 7.89. The summed E-state index contributed by atoms with van der Waals surface area (Å²) in [6.45, 7) is 3.58. The molecule has 2 aliphatic heterocycles. The number of hydrogen-bond acceptors (Lipinski definition) is 6. The van der Waals surface area contributed by atoms with Gasteiger partial charge in [0.1, 0.15) is 6.33 Å². The highest BCUT2D eigenvalue weighted by Crippen LogP contribution is 2.33. The van der Waals surface area contributed by atoms with E-state index in [9.17, 15) is 8.42 Å². The molecule has 7 nitrogen and oxygen atoms in total. The first kappa shape index (κ1) is 16.8. The molecule has 0 aliphatic carbocycles. The average molecular weight is 340 g/mol. The van der Waals surface area contributed by atoms with Gasteiger partial charge >= 0.3 is 0 Å². The summed E-state index contributed by atoms with van der Waals surface area (Å²) in [5.74, 6) is 0.138. The summed E-state index contributed by atoms with van der Waals surface area (Å²) in [4.78, 5) is 10.2. The van der Waals surface area contributed by atoms with Crippen LogP contribution in [0.3, 0.4) is 0 Å². The second-order valence-corrected chi connectivity index (χ2v) is 8.45. The van der Waals surface area contributed by atoms with Crippen molar-refractivity contribution in [1.82, 2.24) is 19.2 Å². The number of nitrogens with zero attached hydrogens (tertiary/aromatic N) is 4. The molecule has 23 heavy (non-hydrogen) atoms. The Balaban J connectivity index is 1.78.